The number of rotatable bonds is 0. The molecule has 0 amide bonds. The third-order valence-electron chi connectivity index (χ3n) is 2.06. The lowest BCUT2D eigenvalue weighted by Gasteiger charge is -2.26. The Bertz CT molecular complexity index is 131. The van der Waals surface area contributed by atoms with Crippen molar-refractivity contribution in [2.75, 3.05) is 13.1 Å². The van der Waals surface area contributed by atoms with Crippen LogP contribution in [0.1, 0.15) is 12.8 Å². The van der Waals surface area contributed by atoms with Gasteiger partial charge in [0.25, 0.3) is 0 Å². The second kappa shape index (κ2) is 2.03. The zero-order valence-electron chi connectivity index (χ0n) is 5.51. The van der Waals surface area contributed by atoms with E-state index in [1.165, 1.54) is 19.4 Å². The molecule has 0 spiro atoms. The zero-order chi connectivity index (χ0) is 6.10. The highest BCUT2D eigenvalue weighted by Crippen LogP contribution is 2.16. The summed E-state index contributed by atoms with van der Waals surface area (Å²) in [6.45, 7) is 2.30. The van der Waals surface area contributed by atoms with Crippen molar-refractivity contribution in [1.82, 2.24) is 10.2 Å². The molecule has 2 heterocycles. The minimum absolute atomic E-state index is 0.662. The molecule has 2 heteroatoms. The molecule has 0 bridgehead atoms. The van der Waals surface area contributed by atoms with E-state index >= 15 is 0 Å². The molecule has 0 saturated carbocycles. The predicted molar refractivity (Wildman–Crippen MR) is 36.9 cm³/mol. The summed E-state index contributed by atoms with van der Waals surface area (Å²) in [5.74, 6) is 0. The lowest BCUT2D eigenvalue weighted by Crippen LogP contribution is -2.41. The molecule has 0 aromatic heterocycles. The fourth-order valence-electron chi connectivity index (χ4n) is 1.58. The minimum atomic E-state index is 0.662. The van der Waals surface area contributed by atoms with Crippen molar-refractivity contribution in [2.24, 2.45) is 0 Å². The summed E-state index contributed by atoms with van der Waals surface area (Å²) in [7, 11) is 0. The van der Waals surface area contributed by atoms with Crippen molar-refractivity contribution in [3.8, 4) is 0 Å². The normalized spacial score (nSPS) is 32.9. The lowest BCUT2D eigenvalue weighted by molar-refractivity contribution is 0.289. The molecule has 0 aromatic carbocycles. The molecule has 1 atom stereocenters. The maximum atomic E-state index is 3.42. The molecule has 9 heavy (non-hydrogen) atoms. The van der Waals surface area contributed by atoms with E-state index in [0.717, 1.165) is 6.54 Å². The van der Waals surface area contributed by atoms with E-state index in [1.54, 1.807) is 0 Å². The van der Waals surface area contributed by atoms with E-state index in [4.69, 9.17) is 0 Å². The second-order valence-corrected chi connectivity index (χ2v) is 2.69. The molecule has 2 aliphatic rings. The molecule has 1 fully saturated rings. The Hall–Kier alpha value is -0.500. The fourth-order valence-corrected chi connectivity index (χ4v) is 1.58. The van der Waals surface area contributed by atoms with Gasteiger partial charge < -0.3 is 4.90 Å². The summed E-state index contributed by atoms with van der Waals surface area (Å²) in [5.41, 5.74) is 0. The smallest absolute Gasteiger partial charge is 0.0793 e. The van der Waals surface area contributed by atoms with Crippen molar-refractivity contribution in [3.63, 3.8) is 0 Å². The van der Waals surface area contributed by atoms with Crippen LogP contribution in [0.2, 0.25) is 0 Å². The van der Waals surface area contributed by atoms with E-state index in [9.17, 15) is 0 Å². The van der Waals surface area contributed by atoms with Crippen molar-refractivity contribution < 1.29 is 0 Å². The largest absolute Gasteiger partial charge is 0.362 e. The van der Waals surface area contributed by atoms with Gasteiger partial charge in [-0.25, -0.2) is 0 Å². The van der Waals surface area contributed by atoms with Crippen LogP contribution in [-0.4, -0.2) is 24.2 Å². The molecule has 0 aromatic rings. The fraction of sp³-hybridized carbons (Fsp3) is 0.714. The van der Waals surface area contributed by atoms with Crippen LogP contribution in [0.15, 0.2) is 12.3 Å². The molecule has 2 nitrogen and oxygen atoms in total. The molecular weight excluding hydrogens is 112 g/mol. The molecular formula is C7H12N2. The van der Waals surface area contributed by atoms with Crippen LogP contribution in [0.5, 0.6) is 0 Å². The highest BCUT2D eigenvalue weighted by Gasteiger charge is 2.21. The number of hydrogen-bond donors (Lipinski definition) is 1. The van der Waals surface area contributed by atoms with Crippen LogP contribution in [0.4, 0.5) is 0 Å². The van der Waals surface area contributed by atoms with Crippen LogP contribution < -0.4 is 5.32 Å². The Labute approximate surface area is 55.5 Å². The van der Waals surface area contributed by atoms with Gasteiger partial charge in [-0.2, -0.15) is 0 Å². The summed E-state index contributed by atoms with van der Waals surface area (Å²) in [4.78, 5) is 2.38. The summed E-state index contributed by atoms with van der Waals surface area (Å²) in [6.07, 6.45) is 7.73. The first-order valence-corrected chi connectivity index (χ1v) is 3.62. The highest BCUT2D eigenvalue weighted by molar-refractivity contribution is 4.96. The Morgan fingerprint density at radius 3 is 3.44 bits per heavy atom. The van der Waals surface area contributed by atoms with Crippen LogP contribution in [0, 0.1) is 0 Å². The first-order valence-electron chi connectivity index (χ1n) is 3.62. The third kappa shape index (κ3) is 0.833. The number of fused-ring (bicyclic) bond motifs is 1. The monoisotopic (exact) mass is 124 g/mol. The van der Waals surface area contributed by atoms with Crippen molar-refractivity contribution in [3.05, 3.63) is 12.3 Å². The first-order chi connectivity index (χ1) is 4.47. The molecule has 2 rings (SSSR count). The van der Waals surface area contributed by atoms with Crippen molar-refractivity contribution >= 4 is 0 Å². The summed E-state index contributed by atoms with van der Waals surface area (Å²) in [6, 6.07) is 0. The van der Waals surface area contributed by atoms with Gasteiger partial charge in [-0.1, -0.05) is 6.08 Å². The summed E-state index contributed by atoms with van der Waals surface area (Å²) >= 11 is 0. The molecule has 0 radical (unpaired) electrons. The van der Waals surface area contributed by atoms with Crippen LogP contribution in [-0.2, 0) is 0 Å². The van der Waals surface area contributed by atoms with Gasteiger partial charge in [-0.15, -0.1) is 0 Å². The SMILES string of the molecule is C1=CN2CCCC2NC1. The summed E-state index contributed by atoms with van der Waals surface area (Å²) in [5, 5.41) is 3.42. The number of hydrogen-bond acceptors (Lipinski definition) is 2. The van der Waals surface area contributed by atoms with Gasteiger partial charge in [-0.3, -0.25) is 5.32 Å². The average molecular weight is 124 g/mol. The van der Waals surface area contributed by atoms with E-state index in [2.05, 4.69) is 22.5 Å². The molecule has 0 aliphatic carbocycles. The van der Waals surface area contributed by atoms with Gasteiger partial charge in [0.15, 0.2) is 0 Å². The predicted octanol–water partition coefficient (Wildman–Crippen LogP) is 0.525. The van der Waals surface area contributed by atoms with Gasteiger partial charge in [-0.05, 0) is 19.0 Å². The lowest BCUT2D eigenvalue weighted by atomic mass is 10.3. The zero-order valence-corrected chi connectivity index (χ0v) is 5.51. The quantitative estimate of drug-likeness (QED) is 0.506. The van der Waals surface area contributed by atoms with E-state index in [1.807, 2.05) is 0 Å². The Morgan fingerprint density at radius 1 is 1.56 bits per heavy atom. The van der Waals surface area contributed by atoms with Gasteiger partial charge in [0.2, 0.25) is 0 Å². The summed E-state index contributed by atoms with van der Waals surface area (Å²) < 4.78 is 0. The van der Waals surface area contributed by atoms with Crippen molar-refractivity contribution in [2.45, 2.75) is 19.0 Å². The van der Waals surface area contributed by atoms with E-state index < -0.39 is 0 Å². The maximum Gasteiger partial charge on any atom is 0.0793 e. The Balaban J connectivity index is 2.10. The molecule has 1 N–H and O–H groups in total. The second-order valence-electron chi connectivity index (χ2n) is 2.69. The van der Waals surface area contributed by atoms with Crippen LogP contribution >= 0.6 is 0 Å². The highest BCUT2D eigenvalue weighted by atomic mass is 15.3. The maximum absolute atomic E-state index is 3.42. The Morgan fingerprint density at radius 2 is 2.56 bits per heavy atom. The van der Waals surface area contributed by atoms with Gasteiger partial charge in [0, 0.05) is 13.1 Å². The van der Waals surface area contributed by atoms with E-state index in [0.29, 0.717) is 6.17 Å². The first kappa shape index (κ1) is 5.30. The Kier molecular flexibility index (Phi) is 1.19. The molecule has 50 valence electrons. The van der Waals surface area contributed by atoms with E-state index in [-0.39, 0.29) is 0 Å². The van der Waals surface area contributed by atoms with Crippen LogP contribution in [0.25, 0.3) is 0 Å². The van der Waals surface area contributed by atoms with Gasteiger partial charge in [0.05, 0.1) is 6.17 Å². The number of nitrogens with one attached hydrogen (secondary N) is 1. The molecule has 2 aliphatic heterocycles. The van der Waals surface area contributed by atoms with Crippen LogP contribution in [0.3, 0.4) is 0 Å². The van der Waals surface area contributed by atoms with Crippen molar-refractivity contribution in [1.29, 1.82) is 0 Å². The average Bonchev–Trinajstić information content (AvgIpc) is 2.33. The number of nitrogens with zero attached hydrogens (tertiary/aromatic N) is 1. The van der Waals surface area contributed by atoms with Gasteiger partial charge >= 0.3 is 0 Å². The standard InChI is InChI=1S/C7H12N2/c1-3-7-8-4-2-6-9(7)5-1/h2,6-8H,1,3-5H2. The molecule has 1 saturated heterocycles. The van der Waals surface area contributed by atoms with Gasteiger partial charge in [0.1, 0.15) is 0 Å². The minimum Gasteiger partial charge on any atom is -0.362 e. The molecule has 1 unspecified atom stereocenters. The third-order valence-corrected chi connectivity index (χ3v) is 2.06. The topological polar surface area (TPSA) is 15.3 Å².